The Hall–Kier alpha value is -2.28. The molecule has 0 bridgehead atoms. The maximum absolute atomic E-state index is 11.8. The molecular weight excluding hydrogens is 264 g/mol. The van der Waals surface area contributed by atoms with Crippen molar-refractivity contribution in [2.24, 2.45) is 0 Å². The zero-order chi connectivity index (χ0) is 15.1. The van der Waals surface area contributed by atoms with E-state index in [1.165, 1.54) is 19.2 Å². The molecule has 7 heteroatoms. The van der Waals surface area contributed by atoms with Gasteiger partial charge >= 0.3 is 12.0 Å². The highest BCUT2D eigenvalue weighted by Gasteiger charge is 2.15. The van der Waals surface area contributed by atoms with Crippen LogP contribution in [-0.4, -0.2) is 42.0 Å². The van der Waals surface area contributed by atoms with Gasteiger partial charge in [-0.2, -0.15) is 0 Å². The Labute approximate surface area is 116 Å². The minimum Gasteiger partial charge on any atom is -0.508 e. The molecule has 0 heterocycles. The van der Waals surface area contributed by atoms with E-state index in [0.29, 0.717) is 13.0 Å². The Morgan fingerprint density at radius 3 is 2.65 bits per heavy atom. The molecule has 0 spiro atoms. The van der Waals surface area contributed by atoms with E-state index in [2.05, 4.69) is 10.6 Å². The van der Waals surface area contributed by atoms with Gasteiger partial charge < -0.3 is 25.6 Å². The first-order valence-electron chi connectivity index (χ1n) is 6.10. The van der Waals surface area contributed by atoms with Crippen LogP contribution in [0.1, 0.15) is 23.7 Å². The first-order valence-corrected chi connectivity index (χ1v) is 6.10. The van der Waals surface area contributed by atoms with Crippen molar-refractivity contribution in [2.75, 3.05) is 19.0 Å². The fourth-order valence-corrected chi connectivity index (χ4v) is 1.62. The van der Waals surface area contributed by atoms with Gasteiger partial charge in [0.15, 0.2) is 0 Å². The van der Waals surface area contributed by atoms with Gasteiger partial charge in [-0.25, -0.2) is 9.59 Å². The highest BCUT2D eigenvalue weighted by molar-refractivity contribution is 6.00. The molecule has 4 N–H and O–H groups in total. The molecule has 0 saturated heterocycles. The number of aromatic carboxylic acids is 1. The van der Waals surface area contributed by atoms with Gasteiger partial charge in [0.25, 0.3) is 0 Å². The van der Waals surface area contributed by atoms with E-state index in [9.17, 15) is 14.7 Å². The Morgan fingerprint density at radius 2 is 2.10 bits per heavy atom. The van der Waals surface area contributed by atoms with Gasteiger partial charge in [-0.05, 0) is 24.6 Å². The van der Waals surface area contributed by atoms with E-state index in [0.717, 1.165) is 6.07 Å². The summed E-state index contributed by atoms with van der Waals surface area (Å²) in [6, 6.07) is 3.02. The van der Waals surface area contributed by atoms with Crippen molar-refractivity contribution in [3.05, 3.63) is 23.8 Å². The fraction of sp³-hybridized carbons (Fsp3) is 0.385. The predicted molar refractivity (Wildman–Crippen MR) is 73.2 cm³/mol. The maximum atomic E-state index is 11.8. The molecule has 1 rings (SSSR count). The second kappa shape index (κ2) is 7.34. The van der Waals surface area contributed by atoms with E-state index in [-0.39, 0.29) is 23.0 Å². The first-order chi connectivity index (χ1) is 9.47. The van der Waals surface area contributed by atoms with Crippen LogP contribution in [0.4, 0.5) is 10.5 Å². The number of rotatable bonds is 6. The fourth-order valence-electron chi connectivity index (χ4n) is 1.62. The van der Waals surface area contributed by atoms with Crippen LogP contribution in [0.25, 0.3) is 0 Å². The smallest absolute Gasteiger partial charge is 0.337 e. The number of carbonyl (C=O) groups excluding carboxylic acids is 1. The number of ether oxygens (including phenoxy) is 1. The van der Waals surface area contributed by atoms with Crippen LogP contribution >= 0.6 is 0 Å². The number of carboxylic acids is 1. The lowest BCUT2D eigenvalue weighted by molar-refractivity contribution is 0.0697. The predicted octanol–water partition coefficient (Wildman–Crippen LogP) is 1.64. The van der Waals surface area contributed by atoms with Crippen molar-refractivity contribution >= 4 is 17.7 Å². The van der Waals surface area contributed by atoms with Crippen molar-refractivity contribution in [1.82, 2.24) is 5.32 Å². The summed E-state index contributed by atoms with van der Waals surface area (Å²) in [5.41, 5.74) is -0.0694. The van der Waals surface area contributed by atoms with Crippen molar-refractivity contribution in [3.63, 3.8) is 0 Å². The van der Waals surface area contributed by atoms with Crippen LogP contribution in [0.2, 0.25) is 0 Å². The van der Waals surface area contributed by atoms with Crippen molar-refractivity contribution in [3.8, 4) is 5.75 Å². The van der Waals surface area contributed by atoms with Crippen LogP contribution in [-0.2, 0) is 4.74 Å². The molecule has 0 radical (unpaired) electrons. The van der Waals surface area contributed by atoms with Gasteiger partial charge in [0.2, 0.25) is 0 Å². The average molecular weight is 282 g/mol. The number of phenolic OH excluding ortho intramolecular Hbond substituents is 1. The second-order valence-corrected chi connectivity index (χ2v) is 4.19. The SMILES string of the molecule is CCC(COC)NC(=O)Nc1ccc(O)cc1C(=O)O. The van der Waals surface area contributed by atoms with E-state index in [1.54, 1.807) is 0 Å². The summed E-state index contributed by atoms with van der Waals surface area (Å²) in [4.78, 5) is 22.8. The van der Waals surface area contributed by atoms with Crippen LogP contribution in [0.15, 0.2) is 18.2 Å². The molecule has 0 saturated carbocycles. The number of nitrogens with one attached hydrogen (secondary N) is 2. The van der Waals surface area contributed by atoms with Gasteiger partial charge in [-0.3, -0.25) is 0 Å². The number of hydrogen-bond acceptors (Lipinski definition) is 4. The average Bonchev–Trinajstić information content (AvgIpc) is 2.40. The van der Waals surface area contributed by atoms with Crippen molar-refractivity contribution < 1.29 is 24.5 Å². The third-order valence-electron chi connectivity index (χ3n) is 2.68. The number of carbonyl (C=O) groups is 2. The third-order valence-corrected chi connectivity index (χ3v) is 2.68. The molecular formula is C13H18N2O5. The van der Waals surface area contributed by atoms with E-state index in [1.807, 2.05) is 6.92 Å². The van der Waals surface area contributed by atoms with E-state index in [4.69, 9.17) is 9.84 Å². The minimum absolute atomic E-state index is 0.111. The topological polar surface area (TPSA) is 108 Å². The summed E-state index contributed by atoms with van der Waals surface area (Å²) in [5, 5.41) is 23.4. The quantitative estimate of drug-likeness (QED) is 0.593. The zero-order valence-electron chi connectivity index (χ0n) is 11.3. The van der Waals surface area contributed by atoms with Crippen LogP contribution in [0.5, 0.6) is 5.75 Å². The lowest BCUT2D eigenvalue weighted by Crippen LogP contribution is -2.40. The molecule has 0 fully saturated rings. The van der Waals surface area contributed by atoms with Crippen LogP contribution < -0.4 is 10.6 Å². The number of urea groups is 1. The van der Waals surface area contributed by atoms with Crippen LogP contribution in [0, 0.1) is 0 Å². The number of phenols is 1. The number of hydrogen-bond donors (Lipinski definition) is 4. The molecule has 1 unspecified atom stereocenters. The van der Waals surface area contributed by atoms with Gasteiger partial charge in [-0.15, -0.1) is 0 Å². The minimum atomic E-state index is -1.24. The molecule has 0 aliphatic heterocycles. The Morgan fingerprint density at radius 1 is 1.40 bits per heavy atom. The van der Waals surface area contributed by atoms with Crippen molar-refractivity contribution in [2.45, 2.75) is 19.4 Å². The summed E-state index contributed by atoms with van der Waals surface area (Å²) in [7, 11) is 1.53. The number of anilines is 1. The summed E-state index contributed by atoms with van der Waals surface area (Å²) < 4.78 is 4.95. The number of aromatic hydroxyl groups is 1. The maximum Gasteiger partial charge on any atom is 0.337 e. The Balaban J connectivity index is 2.77. The molecule has 7 nitrogen and oxygen atoms in total. The summed E-state index contributed by atoms with van der Waals surface area (Å²) in [6.45, 7) is 2.26. The van der Waals surface area contributed by atoms with Gasteiger partial charge in [-0.1, -0.05) is 6.92 Å². The standard InChI is InChI=1S/C13H18N2O5/c1-3-8(7-20-2)14-13(19)15-11-5-4-9(16)6-10(11)12(17)18/h4-6,8,16H,3,7H2,1-2H3,(H,17,18)(H2,14,15,19). The molecule has 1 aromatic carbocycles. The van der Waals surface area contributed by atoms with E-state index >= 15 is 0 Å². The van der Waals surface area contributed by atoms with E-state index < -0.39 is 12.0 Å². The molecule has 110 valence electrons. The molecule has 0 aliphatic carbocycles. The number of benzene rings is 1. The summed E-state index contributed by atoms with van der Waals surface area (Å²) in [5.74, 6) is -1.42. The number of methoxy groups -OCH3 is 1. The summed E-state index contributed by atoms with van der Waals surface area (Å²) >= 11 is 0. The number of amides is 2. The summed E-state index contributed by atoms with van der Waals surface area (Å²) in [6.07, 6.45) is 0.683. The largest absolute Gasteiger partial charge is 0.508 e. The molecule has 0 aliphatic rings. The molecule has 1 atom stereocenters. The highest BCUT2D eigenvalue weighted by Crippen LogP contribution is 2.21. The number of carboxylic acid groups (broad SMARTS) is 1. The monoisotopic (exact) mass is 282 g/mol. The lowest BCUT2D eigenvalue weighted by atomic mass is 10.1. The van der Waals surface area contributed by atoms with Gasteiger partial charge in [0.1, 0.15) is 5.75 Å². The normalized spacial score (nSPS) is 11.7. The van der Waals surface area contributed by atoms with Gasteiger partial charge in [0.05, 0.1) is 23.9 Å². The zero-order valence-corrected chi connectivity index (χ0v) is 11.3. The Bertz CT molecular complexity index is 490. The highest BCUT2D eigenvalue weighted by atomic mass is 16.5. The molecule has 2 amide bonds. The Kier molecular flexibility index (Phi) is 5.79. The first kappa shape index (κ1) is 15.8. The lowest BCUT2D eigenvalue weighted by Gasteiger charge is -2.17. The van der Waals surface area contributed by atoms with Gasteiger partial charge in [0, 0.05) is 7.11 Å². The molecule has 20 heavy (non-hydrogen) atoms. The molecule has 1 aromatic rings. The second-order valence-electron chi connectivity index (χ2n) is 4.19. The molecule has 0 aromatic heterocycles. The van der Waals surface area contributed by atoms with Crippen LogP contribution in [0.3, 0.4) is 0 Å². The third kappa shape index (κ3) is 4.43. The van der Waals surface area contributed by atoms with Crippen molar-refractivity contribution in [1.29, 1.82) is 0 Å².